The number of benzene rings is 2. The van der Waals surface area contributed by atoms with Gasteiger partial charge in [-0.2, -0.15) is 0 Å². The molecule has 3 aliphatic rings. The van der Waals surface area contributed by atoms with Crippen molar-refractivity contribution in [1.29, 1.82) is 0 Å². The van der Waals surface area contributed by atoms with E-state index in [-0.39, 0.29) is 6.09 Å². The van der Waals surface area contributed by atoms with E-state index >= 15 is 0 Å². The Morgan fingerprint density at radius 2 is 1.63 bits per heavy atom. The van der Waals surface area contributed by atoms with Crippen LogP contribution in [0, 0.1) is 0 Å². The van der Waals surface area contributed by atoms with Gasteiger partial charge in [-0.15, -0.1) is 0 Å². The SMILES string of the molecule is O=C(OCc1ccccc1)N1Cc2ccc(N3CCN(C4CCCC4)CC3)cc2C1. The fraction of sp³-hybridized carbons (Fsp3) is 0.480. The average Bonchev–Trinajstić information content (AvgIpc) is 3.48. The van der Waals surface area contributed by atoms with Crippen LogP contribution >= 0.6 is 0 Å². The predicted molar refractivity (Wildman–Crippen MR) is 118 cm³/mol. The van der Waals surface area contributed by atoms with E-state index in [0.29, 0.717) is 19.7 Å². The summed E-state index contributed by atoms with van der Waals surface area (Å²) in [5.41, 5.74) is 4.79. The average molecular weight is 406 g/mol. The number of rotatable bonds is 4. The third-order valence-electron chi connectivity index (χ3n) is 6.90. The summed E-state index contributed by atoms with van der Waals surface area (Å²) < 4.78 is 5.52. The molecule has 0 atom stereocenters. The normalized spacial score (nSPS) is 19.9. The van der Waals surface area contributed by atoms with Crippen LogP contribution in [0.25, 0.3) is 0 Å². The Labute approximate surface area is 179 Å². The minimum absolute atomic E-state index is 0.234. The van der Waals surface area contributed by atoms with Crippen molar-refractivity contribution in [3.63, 3.8) is 0 Å². The molecule has 5 rings (SSSR count). The van der Waals surface area contributed by atoms with Gasteiger partial charge in [-0.1, -0.05) is 49.2 Å². The molecule has 2 heterocycles. The second kappa shape index (κ2) is 8.68. The summed E-state index contributed by atoms with van der Waals surface area (Å²) in [6.07, 6.45) is 5.34. The van der Waals surface area contributed by atoms with Crippen molar-refractivity contribution in [1.82, 2.24) is 9.80 Å². The van der Waals surface area contributed by atoms with Crippen LogP contribution in [0.3, 0.4) is 0 Å². The maximum absolute atomic E-state index is 12.5. The summed E-state index contributed by atoms with van der Waals surface area (Å²) in [5.74, 6) is 0. The van der Waals surface area contributed by atoms with E-state index in [1.54, 1.807) is 4.90 Å². The number of carbonyl (C=O) groups is 1. The van der Waals surface area contributed by atoms with Gasteiger partial charge < -0.3 is 9.64 Å². The van der Waals surface area contributed by atoms with Gasteiger partial charge in [0.05, 0.1) is 0 Å². The van der Waals surface area contributed by atoms with Gasteiger partial charge >= 0.3 is 6.09 Å². The molecule has 2 aliphatic heterocycles. The van der Waals surface area contributed by atoms with Crippen LogP contribution in [0.4, 0.5) is 10.5 Å². The number of carbonyl (C=O) groups excluding carboxylic acids is 1. The Bertz CT molecular complexity index is 871. The summed E-state index contributed by atoms with van der Waals surface area (Å²) in [5, 5.41) is 0. The summed E-state index contributed by atoms with van der Waals surface area (Å²) >= 11 is 0. The molecule has 0 unspecified atom stereocenters. The highest BCUT2D eigenvalue weighted by Crippen LogP contribution is 2.30. The number of hydrogen-bond acceptors (Lipinski definition) is 4. The third kappa shape index (κ3) is 4.17. The first-order chi connectivity index (χ1) is 14.8. The smallest absolute Gasteiger partial charge is 0.410 e. The summed E-state index contributed by atoms with van der Waals surface area (Å²) in [6, 6.07) is 17.4. The second-order valence-corrected chi connectivity index (χ2v) is 8.81. The molecular formula is C25H31N3O2. The monoisotopic (exact) mass is 405 g/mol. The van der Waals surface area contributed by atoms with Gasteiger partial charge in [0, 0.05) is 51.0 Å². The van der Waals surface area contributed by atoms with Crippen molar-refractivity contribution < 1.29 is 9.53 Å². The number of hydrogen-bond donors (Lipinski definition) is 0. The lowest BCUT2D eigenvalue weighted by Crippen LogP contribution is -2.49. The molecule has 0 radical (unpaired) electrons. The Balaban J connectivity index is 1.16. The molecular weight excluding hydrogens is 374 g/mol. The topological polar surface area (TPSA) is 36.0 Å². The van der Waals surface area contributed by atoms with E-state index < -0.39 is 0 Å². The zero-order valence-corrected chi connectivity index (χ0v) is 17.6. The number of ether oxygens (including phenoxy) is 1. The first kappa shape index (κ1) is 19.4. The highest BCUT2D eigenvalue weighted by Gasteiger charge is 2.28. The van der Waals surface area contributed by atoms with E-state index in [1.165, 1.54) is 55.6 Å². The quantitative estimate of drug-likeness (QED) is 0.755. The van der Waals surface area contributed by atoms with Gasteiger partial charge in [-0.3, -0.25) is 9.80 Å². The largest absolute Gasteiger partial charge is 0.445 e. The van der Waals surface area contributed by atoms with E-state index in [1.807, 2.05) is 30.3 Å². The number of fused-ring (bicyclic) bond motifs is 1. The molecule has 30 heavy (non-hydrogen) atoms. The Morgan fingerprint density at radius 1 is 0.900 bits per heavy atom. The van der Waals surface area contributed by atoms with E-state index in [4.69, 9.17) is 4.74 Å². The fourth-order valence-corrected chi connectivity index (χ4v) is 5.13. The van der Waals surface area contributed by atoms with Crippen LogP contribution < -0.4 is 4.90 Å². The molecule has 2 fully saturated rings. The van der Waals surface area contributed by atoms with Crippen LogP contribution in [-0.4, -0.2) is 48.1 Å². The van der Waals surface area contributed by atoms with Crippen molar-refractivity contribution >= 4 is 11.8 Å². The lowest BCUT2D eigenvalue weighted by Gasteiger charge is -2.39. The van der Waals surface area contributed by atoms with Gasteiger partial charge in [0.2, 0.25) is 0 Å². The van der Waals surface area contributed by atoms with Crippen molar-refractivity contribution in [2.75, 3.05) is 31.1 Å². The minimum atomic E-state index is -0.234. The van der Waals surface area contributed by atoms with Gasteiger partial charge in [-0.05, 0) is 41.7 Å². The lowest BCUT2D eigenvalue weighted by atomic mass is 10.1. The maximum atomic E-state index is 12.5. The van der Waals surface area contributed by atoms with Crippen LogP contribution in [0.1, 0.15) is 42.4 Å². The molecule has 1 amide bonds. The molecule has 1 saturated heterocycles. The first-order valence-corrected chi connectivity index (χ1v) is 11.3. The van der Waals surface area contributed by atoms with E-state index in [9.17, 15) is 4.79 Å². The van der Waals surface area contributed by atoms with Gasteiger partial charge in [0.25, 0.3) is 0 Å². The van der Waals surface area contributed by atoms with Crippen molar-refractivity contribution in [3.8, 4) is 0 Å². The molecule has 2 aromatic carbocycles. The zero-order chi connectivity index (χ0) is 20.3. The second-order valence-electron chi connectivity index (χ2n) is 8.81. The first-order valence-electron chi connectivity index (χ1n) is 11.3. The summed E-state index contributed by atoms with van der Waals surface area (Å²) in [6.45, 7) is 6.12. The summed E-state index contributed by atoms with van der Waals surface area (Å²) in [7, 11) is 0. The molecule has 1 aliphatic carbocycles. The van der Waals surface area contributed by atoms with Crippen LogP contribution in [-0.2, 0) is 24.4 Å². The minimum Gasteiger partial charge on any atom is -0.445 e. The van der Waals surface area contributed by atoms with Gasteiger partial charge in [-0.25, -0.2) is 4.79 Å². The Hall–Kier alpha value is -2.53. The molecule has 0 spiro atoms. The summed E-state index contributed by atoms with van der Waals surface area (Å²) in [4.78, 5) is 19.5. The molecule has 2 aromatic rings. The fourth-order valence-electron chi connectivity index (χ4n) is 5.13. The molecule has 0 bridgehead atoms. The Morgan fingerprint density at radius 3 is 2.40 bits per heavy atom. The van der Waals surface area contributed by atoms with E-state index in [0.717, 1.165) is 24.7 Å². The zero-order valence-electron chi connectivity index (χ0n) is 17.6. The van der Waals surface area contributed by atoms with Crippen molar-refractivity contribution in [2.24, 2.45) is 0 Å². The van der Waals surface area contributed by atoms with Crippen molar-refractivity contribution in [3.05, 3.63) is 65.2 Å². The van der Waals surface area contributed by atoms with Gasteiger partial charge in [0.1, 0.15) is 6.61 Å². The molecule has 1 saturated carbocycles. The number of nitrogens with zero attached hydrogens (tertiary/aromatic N) is 3. The van der Waals surface area contributed by atoms with Gasteiger partial charge in [0.15, 0.2) is 0 Å². The molecule has 0 aromatic heterocycles. The highest BCUT2D eigenvalue weighted by atomic mass is 16.6. The molecule has 5 heteroatoms. The standard InChI is InChI=1S/C25H31N3O2/c29-25(30-19-20-6-2-1-3-7-20)28-17-21-10-11-24(16-22(21)18-28)27-14-12-26(13-15-27)23-8-4-5-9-23/h1-3,6-7,10-11,16,23H,4-5,8-9,12-15,17-19H2. The van der Waals surface area contributed by atoms with Crippen LogP contribution in [0.5, 0.6) is 0 Å². The van der Waals surface area contributed by atoms with Crippen LogP contribution in [0.2, 0.25) is 0 Å². The number of piperazine rings is 1. The number of anilines is 1. The maximum Gasteiger partial charge on any atom is 0.410 e. The Kier molecular flexibility index (Phi) is 5.63. The number of amides is 1. The van der Waals surface area contributed by atoms with Crippen LogP contribution in [0.15, 0.2) is 48.5 Å². The molecule has 5 nitrogen and oxygen atoms in total. The predicted octanol–water partition coefficient (Wildman–Crippen LogP) is 4.40. The molecule has 0 N–H and O–H groups in total. The van der Waals surface area contributed by atoms with E-state index in [2.05, 4.69) is 28.0 Å². The molecule has 158 valence electrons. The lowest BCUT2D eigenvalue weighted by molar-refractivity contribution is 0.0955. The highest BCUT2D eigenvalue weighted by molar-refractivity contribution is 5.69. The third-order valence-corrected chi connectivity index (χ3v) is 6.90. The van der Waals surface area contributed by atoms with Crippen molar-refractivity contribution in [2.45, 2.75) is 51.4 Å².